The van der Waals surface area contributed by atoms with Gasteiger partial charge in [-0.2, -0.15) is 0 Å². The Balaban J connectivity index is 0. The van der Waals surface area contributed by atoms with Crippen LogP contribution in [0.1, 0.15) is 0 Å². The first-order chi connectivity index (χ1) is 2.83. The first-order valence-corrected chi connectivity index (χ1v) is 2.63. The van der Waals surface area contributed by atoms with Crippen molar-refractivity contribution in [3.63, 3.8) is 0 Å². The van der Waals surface area contributed by atoms with Crippen LogP contribution in [0.25, 0.3) is 0 Å². The van der Waals surface area contributed by atoms with Crippen molar-refractivity contribution in [2.24, 2.45) is 0 Å². The summed E-state index contributed by atoms with van der Waals surface area (Å²) in [6.07, 6.45) is 0. The molecule has 0 aromatic rings. The molecule has 0 aliphatic carbocycles. The van der Waals surface area contributed by atoms with Gasteiger partial charge in [-0.25, -0.2) is 0 Å². The van der Waals surface area contributed by atoms with Gasteiger partial charge in [0.1, 0.15) is 0 Å². The third kappa shape index (κ3) is 122. The summed E-state index contributed by atoms with van der Waals surface area (Å²) in [5, 5.41) is 14.0. The Kier molecular flexibility index (Phi) is 28.3. The Labute approximate surface area is 52.8 Å². The number of hydrogen-bond donors (Lipinski definition) is 2. The molecular weight excluding hydrogens is 158 g/mol. The van der Waals surface area contributed by atoms with Crippen LogP contribution in [0, 0.1) is 6.92 Å². The van der Waals surface area contributed by atoms with E-state index in [2.05, 4.69) is 6.92 Å². The SMILES string of the molecule is O[B]O.[CH2-][CH]=[Zr]. The summed E-state index contributed by atoms with van der Waals surface area (Å²) < 4.78 is 1.84. The molecule has 0 heterocycles. The molecule has 1 radical (unpaired) electrons. The van der Waals surface area contributed by atoms with Gasteiger partial charge in [-0.3, -0.25) is 0 Å². The van der Waals surface area contributed by atoms with Crippen LogP contribution in [0.3, 0.4) is 0 Å². The summed E-state index contributed by atoms with van der Waals surface area (Å²) in [5.74, 6) is 0. The zero-order valence-corrected chi connectivity index (χ0v) is 5.71. The van der Waals surface area contributed by atoms with Crippen molar-refractivity contribution in [1.29, 1.82) is 0 Å². The molecule has 0 atom stereocenters. The molecule has 0 saturated carbocycles. The molecule has 2 N–H and O–H groups in total. The third-order valence-electron chi connectivity index (χ3n) is 0. The molecule has 0 bridgehead atoms. The average Bonchev–Trinajstić information content (AvgIpc) is 1.39. The second-order valence-corrected chi connectivity index (χ2v) is 1.32. The topological polar surface area (TPSA) is 40.5 Å². The van der Waals surface area contributed by atoms with Crippen molar-refractivity contribution >= 4 is 11.4 Å². The molecule has 0 aliphatic rings. The van der Waals surface area contributed by atoms with E-state index in [0.29, 0.717) is 0 Å². The summed E-state index contributed by atoms with van der Waals surface area (Å²) >= 11 is 1.40. The van der Waals surface area contributed by atoms with Gasteiger partial charge in [0.05, 0.1) is 0 Å². The minimum atomic E-state index is 0. The van der Waals surface area contributed by atoms with Gasteiger partial charge in [0.15, 0.2) is 0 Å². The molecule has 0 aliphatic heterocycles. The fourth-order valence-corrected chi connectivity index (χ4v) is 0. The van der Waals surface area contributed by atoms with E-state index in [-0.39, 0.29) is 7.69 Å². The molecule has 4 heteroatoms. The zero-order valence-electron chi connectivity index (χ0n) is 3.26. The van der Waals surface area contributed by atoms with Crippen molar-refractivity contribution in [3.05, 3.63) is 6.92 Å². The standard InChI is InChI=1S/C2H3.BH2O2.Zr/c1-2;2-1-3;/h1H,2H2;2-3H;/q-1;;. The fourth-order valence-electron chi connectivity index (χ4n) is 0. The van der Waals surface area contributed by atoms with Crippen molar-refractivity contribution in [2.45, 2.75) is 0 Å². The Bertz CT molecular complexity index is 25.5. The maximum absolute atomic E-state index is 7.00. The third-order valence-corrected chi connectivity index (χ3v) is 0. The van der Waals surface area contributed by atoms with Crippen LogP contribution in [-0.2, 0) is 24.2 Å². The monoisotopic (exact) mass is 162 g/mol. The molecule has 0 aromatic carbocycles. The fraction of sp³-hybridized carbons (Fsp3) is 0. The molecule has 0 saturated heterocycles. The van der Waals surface area contributed by atoms with E-state index in [4.69, 9.17) is 10.0 Å². The van der Waals surface area contributed by atoms with Gasteiger partial charge in [-0.1, -0.05) is 0 Å². The number of rotatable bonds is 0. The van der Waals surface area contributed by atoms with Crippen LogP contribution in [-0.4, -0.2) is 21.4 Å². The van der Waals surface area contributed by atoms with E-state index in [0.717, 1.165) is 0 Å². The van der Waals surface area contributed by atoms with Gasteiger partial charge >= 0.3 is 42.6 Å². The van der Waals surface area contributed by atoms with Gasteiger partial charge in [0, 0.05) is 0 Å². The molecule has 0 spiro atoms. The van der Waals surface area contributed by atoms with Crippen molar-refractivity contribution in [2.75, 3.05) is 0 Å². The average molecular weight is 163 g/mol. The molecule has 2 nitrogen and oxygen atoms in total. The second-order valence-electron chi connectivity index (χ2n) is 0.320. The number of hydrogen-bond acceptors (Lipinski definition) is 2. The van der Waals surface area contributed by atoms with Gasteiger partial charge in [-0.15, -0.1) is 0 Å². The normalized spacial score (nSPS) is 4.33. The molecule has 0 unspecified atom stereocenters. The first-order valence-electron chi connectivity index (χ1n) is 1.21. The molecule has 6 heavy (non-hydrogen) atoms. The van der Waals surface area contributed by atoms with Crippen LogP contribution in [0.15, 0.2) is 0 Å². The van der Waals surface area contributed by atoms with Crippen molar-refractivity contribution in [3.8, 4) is 0 Å². The first kappa shape index (κ1) is 9.88. The molecule has 33 valence electrons. The maximum atomic E-state index is 7.00. The second kappa shape index (κ2) is 17.2. The van der Waals surface area contributed by atoms with Gasteiger partial charge in [0.25, 0.3) is 0 Å². The minimum absolute atomic E-state index is 0. The van der Waals surface area contributed by atoms with E-state index in [9.17, 15) is 0 Å². The summed E-state index contributed by atoms with van der Waals surface area (Å²) in [7, 11) is 0. The molecule has 0 fully saturated rings. The Hall–Kier alpha value is 0.738. The van der Waals surface area contributed by atoms with E-state index >= 15 is 0 Å². The van der Waals surface area contributed by atoms with Gasteiger partial charge < -0.3 is 10.0 Å². The summed E-state index contributed by atoms with van der Waals surface area (Å²) in [6, 6.07) is 0. The predicted molar refractivity (Wildman–Crippen MR) is 21.6 cm³/mol. The quantitative estimate of drug-likeness (QED) is 0.343. The Morgan fingerprint density at radius 1 is 1.67 bits per heavy atom. The molecule has 0 amide bonds. The van der Waals surface area contributed by atoms with Crippen LogP contribution < -0.4 is 0 Å². The van der Waals surface area contributed by atoms with Gasteiger partial charge in [0.2, 0.25) is 0 Å². The Morgan fingerprint density at radius 3 is 1.67 bits per heavy atom. The summed E-state index contributed by atoms with van der Waals surface area (Å²) in [4.78, 5) is 0. The summed E-state index contributed by atoms with van der Waals surface area (Å²) in [6.45, 7) is 3.40. The van der Waals surface area contributed by atoms with Crippen LogP contribution >= 0.6 is 0 Å². The molecule has 0 aromatic heterocycles. The van der Waals surface area contributed by atoms with Crippen LogP contribution in [0.4, 0.5) is 0 Å². The van der Waals surface area contributed by atoms with E-state index in [1.807, 2.05) is 3.71 Å². The van der Waals surface area contributed by atoms with Gasteiger partial charge in [-0.05, 0) is 0 Å². The van der Waals surface area contributed by atoms with Crippen molar-refractivity contribution < 1.29 is 34.3 Å². The van der Waals surface area contributed by atoms with E-state index < -0.39 is 0 Å². The molecular formula is C2H5BO2Zr-. The Morgan fingerprint density at radius 2 is 1.67 bits per heavy atom. The van der Waals surface area contributed by atoms with E-state index in [1.165, 1.54) is 24.2 Å². The molecule has 0 rings (SSSR count). The van der Waals surface area contributed by atoms with Crippen LogP contribution in [0.2, 0.25) is 0 Å². The van der Waals surface area contributed by atoms with E-state index in [1.54, 1.807) is 0 Å². The summed E-state index contributed by atoms with van der Waals surface area (Å²) in [5.41, 5.74) is 0. The van der Waals surface area contributed by atoms with Crippen molar-refractivity contribution in [1.82, 2.24) is 0 Å². The zero-order chi connectivity index (χ0) is 5.41. The van der Waals surface area contributed by atoms with Crippen LogP contribution in [0.5, 0.6) is 0 Å². The predicted octanol–water partition coefficient (Wildman–Crippen LogP) is -1.33.